The van der Waals surface area contributed by atoms with Crippen LogP contribution in [-0.2, 0) is 0 Å². The van der Waals surface area contributed by atoms with Gasteiger partial charge in [-0.05, 0) is 37.6 Å². The van der Waals surface area contributed by atoms with Gasteiger partial charge < -0.3 is 10.6 Å². The number of piperidine rings is 1. The van der Waals surface area contributed by atoms with Gasteiger partial charge in [-0.15, -0.1) is 0 Å². The Balaban J connectivity index is 2.49. The second kappa shape index (κ2) is 5.31. The van der Waals surface area contributed by atoms with Crippen LogP contribution in [-0.4, -0.2) is 30.1 Å². The molecule has 2 heteroatoms. The van der Waals surface area contributed by atoms with E-state index < -0.39 is 0 Å². The molecule has 1 fully saturated rings. The zero-order valence-electron chi connectivity index (χ0n) is 11.0. The second-order valence-electron chi connectivity index (χ2n) is 5.77. The van der Waals surface area contributed by atoms with E-state index in [-0.39, 0.29) is 0 Å². The van der Waals surface area contributed by atoms with Crippen LogP contribution in [0.5, 0.6) is 0 Å². The summed E-state index contributed by atoms with van der Waals surface area (Å²) in [5, 5.41) is 0. The van der Waals surface area contributed by atoms with E-state index in [1.807, 2.05) is 0 Å². The first-order chi connectivity index (χ1) is 6.93. The lowest BCUT2D eigenvalue weighted by atomic mass is 9.86. The van der Waals surface area contributed by atoms with E-state index in [1.54, 1.807) is 0 Å². The first kappa shape index (κ1) is 13.0. The monoisotopic (exact) mass is 212 g/mol. The number of hydrogen-bond acceptors (Lipinski definition) is 2. The molecule has 90 valence electrons. The molecule has 4 atom stereocenters. The Labute approximate surface area is 95.2 Å². The summed E-state index contributed by atoms with van der Waals surface area (Å²) in [6.07, 6.45) is 1.16. The molecule has 1 saturated heterocycles. The molecule has 0 aromatic rings. The molecule has 2 N–H and O–H groups in total. The smallest absolute Gasteiger partial charge is 0.0107 e. The van der Waals surface area contributed by atoms with Crippen LogP contribution in [0.1, 0.15) is 41.0 Å². The summed E-state index contributed by atoms with van der Waals surface area (Å²) in [5.74, 6) is 2.20. The molecule has 1 aliphatic heterocycles. The summed E-state index contributed by atoms with van der Waals surface area (Å²) in [6, 6.07) is 1.06. The third-order valence-electron chi connectivity index (χ3n) is 4.42. The zero-order valence-corrected chi connectivity index (χ0v) is 11.0. The minimum Gasteiger partial charge on any atom is -0.327 e. The van der Waals surface area contributed by atoms with Crippen molar-refractivity contribution in [2.24, 2.45) is 23.5 Å². The quantitative estimate of drug-likeness (QED) is 0.778. The van der Waals surface area contributed by atoms with Crippen LogP contribution in [0.25, 0.3) is 0 Å². The predicted octanol–water partition coefficient (Wildman–Crippen LogP) is 2.34. The average Bonchev–Trinajstić information content (AvgIpc) is 2.18. The molecular formula is C13H28N2. The van der Waals surface area contributed by atoms with Gasteiger partial charge in [-0.3, -0.25) is 0 Å². The molecule has 2 nitrogen and oxygen atoms in total. The normalized spacial score (nSPS) is 35.8. The second-order valence-corrected chi connectivity index (χ2v) is 5.77. The van der Waals surface area contributed by atoms with Crippen molar-refractivity contribution in [3.05, 3.63) is 0 Å². The van der Waals surface area contributed by atoms with Crippen molar-refractivity contribution in [3.63, 3.8) is 0 Å². The van der Waals surface area contributed by atoms with Gasteiger partial charge in [-0.1, -0.05) is 27.7 Å². The predicted molar refractivity (Wildman–Crippen MR) is 66.8 cm³/mol. The molecule has 15 heavy (non-hydrogen) atoms. The van der Waals surface area contributed by atoms with Gasteiger partial charge in [0.1, 0.15) is 0 Å². The zero-order chi connectivity index (χ0) is 11.6. The van der Waals surface area contributed by atoms with Gasteiger partial charge in [-0.25, -0.2) is 0 Å². The van der Waals surface area contributed by atoms with Gasteiger partial charge in [0.05, 0.1) is 0 Å². The van der Waals surface area contributed by atoms with E-state index in [4.69, 9.17) is 5.73 Å². The van der Waals surface area contributed by atoms with E-state index in [0.29, 0.717) is 18.0 Å². The van der Waals surface area contributed by atoms with E-state index >= 15 is 0 Å². The summed E-state index contributed by atoms with van der Waals surface area (Å²) in [6.45, 7) is 14.0. The third kappa shape index (κ3) is 3.18. The Kier molecular flexibility index (Phi) is 4.60. The Hall–Kier alpha value is -0.0800. The van der Waals surface area contributed by atoms with Crippen LogP contribution >= 0.6 is 0 Å². The van der Waals surface area contributed by atoms with Crippen LogP contribution < -0.4 is 5.73 Å². The van der Waals surface area contributed by atoms with E-state index in [0.717, 1.165) is 18.3 Å². The first-order valence-corrected chi connectivity index (χ1v) is 6.43. The molecule has 1 rings (SSSR count). The SMILES string of the molecule is CC(C)C(C)CN1CCC(N)C(C)C1C. The molecule has 4 unspecified atom stereocenters. The Morgan fingerprint density at radius 1 is 1.27 bits per heavy atom. The van der Waals surface area contributed by atoms with Crippen molar-refractivity contribution >= 4 is 0 Å². The lowest BCUT2D eigenvalue weighted by Crippen LogP contribution is -2.52. The van der Waals surface area contributed by atoms with E-state index in [2.05, 4.69) is 39.5 Å². The molecule has 0 aliphatic carbocycles. The van der Waals surface area contributed by atoms with Crippen LogP contribution in [0.15, 0.2) is 0 Å². The van der Waals surface area contributed by atoms with Crippen molar-refractivity contribution in [3.8, 4) is 0 Å². The maximum Gasteiger partial charge on any atom is 0.0107 e. The topological polar surface area (TPSA) is 29.3 Å². The molecule has 0 amide bonds. The maximum atomic E-state index is 6.09. The van der Waals surface area contributed by atoms with Crippen LogP contribution in [0.3, 0.4) is 0 Å². The van der Waals surface area contributed by atoms with Gasteiger partial charge in [0.15, 0.2) is 0 Å². The summed E-state index contributed by atoms with van der Waals surface area (Å²) in [4.78, 5) is 2.62. The number of rotatable bonds is 3. The number of likely N-dealkylation sites (tertiary alicyclic amines) is 1. The van der Waals surface area contributed by atoms with Crippen molar-refractivity contribution in [2.75, 3.05) is 13.1 Å². The highest BCUT2D eigenvalue weighted by Gasteiger charge is 2.30. The van der Waals surface area contributed by atoms with Crippen LogP contribution in [0, 0.1) is 17.8 Å². The van der Waals surface area contributed by atoms with Crippen molar-refractivity contribution < 1.29 is 0 Å². The molecule has 0 spiro atoms. The van der Waals surface area contributed by atoms with Gasteiger partial charge >= 0.3 is 0 Å². The Bertz CT molecular complexity index is 191. The molecule has 0 aromatic carbocycles. The molecule has 0 aromatic heterocycles. The van der Waals surface area contributed by atoms with Gasteiger partial charge in [0.25, 0.3) is 0 Å². The molecular weight excluding hydrogens is 184 g/mol. The lowest BCUT2D eigenvalue weighted by molar-refractivity contribution is 0.0766. The average molecular weight is 212 g/mol. The molecule has 0 bridgehead atoms. The fraction of sp³-hybridized carbons (Fsp3) is 1.00. The van der Waals surface area contributed by atoms with Gasteiger partial charge in [0.2, 0.25) is 0 Å². The van der Waals surface area contributed by atoms with Crippen molar-refractivity contribution in [1.82, 2.24) is 4.90 Å². The molecule has 1 aliphatic rings. The first-order valence-electron chi connectivity index (χ1n) is 6.43. The lowest BCUT2D eigenvalue weighted by Gasteiger charge is -2.42. The summed E-state index contributed by atoms with van der Waals surface area (Å²) in [7, 11) is 0. The molecule has 0 saturated carbocycles. The number of nitrogens with two attached hydrogens (primary N) is 1. The highest BCUT2D eigenvalue weighted by molar-refractivity contribution is 4.87. The maximum absolute atomic E-state index is 6.09. The number of nitrogens with zero attached hydrogens (tertiary/aromatic N) is 1. The van der Waals surface area contributed by atoms with Crippen LogP contribution in [0.2, 0.25) is 0 Å². The third-order valence-corrected chi connectivity index (χ3v) is 4.42. The standard InChI is InChI=1S/C13H28N2/c1-9(2)10(3)8-15-7-6-13(14)11(4)12(15)5/h9-13H,6-8,14H2,1-5H3. The minimum absolute atomic E-state index is 0.408. The summed E-state index contributed by atoms with van der Waals surface area (Å²) < 4.78 is 0. The summed E-state index contributed by atoms with van der Waals surface area (Å²) in [5.41, 5.74) is 6.09. The number of hydrogen-bond donors (Lipinski definition) is 1. The molecule has 1 heterocycles. The summed E-state index contributed by atoms with van der Waals surface area (Å²) >= 11 is 0. The highest BCUT2D eigenvalue weighted by atomic mass is 15.2. The largest absolute Gasteiger partial charge is 0.327 e. The van der Waals surface area contributed by atoms with Gasteiger partial charge in [-0.2, -0.15) is 0 Å². The minimum atomic E-state index is 0.408. The van der Waals surface area contributed by atoms with Crippen molar-refractivity contribution in [1.29, 1.82) is 0 Å². The fourth-order valence-electron chi connectivity index (χ4n) is 2.31. The van der Waals surface area contributed by atoms with E-state index in [1.165, 1.54) is 13.1 Å². The Morgan fingerprint density at radius 2 is 1.87 bits per heavy atom. The molecule has 0 radical (unpaired) electrons. The van der Waals surface area contributed by atoms with Crippen LogP contribution in [0.4, 0.5) is 0 Å². The van der Waals surface area contributed by atoms with Crippen molar-refractivity contribution in [2.45, 2.75) is 53.1 Å². The highest BCUT2D eigenvalue weighted by Crippen LogP contribution is 2.24. The van der Waals surface area contributed by atoms with Gasteiger partial charge in [0, 0.05) is 18.6 Å². The van der Waals surface area contributed by atoms with E-state index in [9.17, 15) is 0 Å². The fourth-order valence-corrected chi connectivity index (χ4v) is 2.31. The Morgan fingerprint density at radius 3 is 2.40 bits per heavy atom.